The highest BCUT2D eigenvalue weighted by Crippen LogP contribution is 2.29. The van der Waals surface area contributed by atoms with Crippen molar-refractivity contribution in [3.8, 4) is 0 Å². The van der Waals surface area contributed by atoms with Crippen molar-refractivity contribution in [2.75, 3.05) is 6.54 Å². The summed E-state index contributed by atoms with van der Waals surface area (Å²) in [6.45, 7) is 1.10. The molecular weight excluding hydrogens is 220 g/mol. The maximum absolute atomic E-state index is 4.53. The second-order valence-corrected chi connectivity index (χ2v) is 5.45. The number of allylic oxidation sites excluding steroid dienone is 1. The molecule has 1 aromatic rings. The summed E-state index contributed by atoms with van der Waals surface area (Å²) in [4.78, 5) is 4.53. The van der Waals surface area contributed by atoms with Gasteiger partial charge in [0, 0.05) is 6.20 Å². The molecule has 0 aromatic carbocycles. The van der Waals surface area contributed by atoms with E-state index in [0.29, 0.717) is 6.04 Å². The molecule has 2 nitrogen and oxygen atoms in total. The highest BCUT2D eigenvalue weighted by molar-refractivity contribution is 5.27. The van der Waals surface area contributed by atoms with Gasteiger partial charge in [0.2, 0.25) is 0 Å². The lowest BCUT2D eigenvalue weighted by Crippen LogP contribution is -2.21. The molecule has 2 aliphatic carbocycles. The van der Waals surface area contributed by atoms with E-state index in [1.54, 1.807) is 5.57 Å². The van der Waals surface area contributed by atoms with Crippen molar-refractivity contribution >= 4 is 0 Å². The summed E-state index contributed by atoms with van der Waals surface area (Å²) in [7, 11) is 0. The summed E-state index contributed by atoms with van der Waals surface area (Å²) in [6.07, 6.45) is 13.4. The van der Waals surface area contributed by atoms with Crippen LogP contribution in [0.3, 0.4) is 0 Å². The molecule has 96 valence electrons. The second-order valence-electron chi connectivity index (χ2n) is 5.45. The first kappa shape index (κ1) is 11.9. The molecule has 0 saturated carbocycles. The van der Waals surface area contributed by atoms with E-state index in [0.717, 1.165) is 6.54 Å². The van der Waals surface area contributed by atoms with Crippen LogP contribution in [0.2, 0.25) is 0 Å². The Morgan fingerprint density at radius 2 is 2.28 bits per heavy atom. The van der Waals surface area contributed by atoms with E-state index in [2.05, 4.69) is 22.4 Å². The third-order valence-corrected chi connectivity index (χ3v) is 4.18. The number of aromatic nitrogens is 1. The summed E-state index contributed by atoms with van der Waals surface area (Å²) < 4.78 is 0. The molecule has 18 heavy (non-hydrogen) atoms. The third kappa shape index (κ3) is 2.64. The second kappa shape index (κ2) is 5.66. The lowest BCUT2D eigenvalue weighted by atomic mass is 9.97. The van der Waals surface area contributed by atoms with E-state index in [9.17, 15) is 0 Å². The fourth-order valence-electron chi connectivity index (χ4n) is 3.15. The molecule has 1 unspecified atom stereocenters. The van der Waals surface area contributed by atoms with Crippen LogP contribution in [0.5, 0.6) is 0 Å². The Balaban J connectivity index is 1.51. The number of pyridine rings is 1. The van der Waals surface area contributed by atoms with Crippen LogP contribution in [0.1, 0.15) is 55.8 Å². The number of fused-ring (bicyclic) bond motifs is 1. The number of rotatable bonds is 4. The van der Waals surface area contributed by atoms with Gasteiger partial charge in [-0.15, -0.1) is 0 Å². The van der Waals surface area contributed by atoms with Gasteiger partial charge in [-0.2, -0.15) is 0 Å². The van der Waals surface area contributed by atoms with E-state index >= 15 is 0 Å². The van der Waals surface area contributed by atoms with Crippen LogP contribution in [0, 0.1) is 0 Å². The first-order valence-corrected chi connectivity index (χ1v) is 7.28. The fraction of sp³-hybridized carbons (Fsp3) is 0.562. The van der Waals surface area contributed by atoms with Gasteiger partial charge in [-0.25, -0.2) is 0 Å². The standard InChI is InChI=1S/C16H22N2/c1-2-5-13(6-3-1)10-12-17-15-9-8-14-7-4-11-18-16(14)15/h4-5,7,11,15,17H,1-3,6,8-10,12H2. The number of hydrogen-bond acceptors (Lipinski definition) is 2. The maximum atomic E-state index is 4.53. The first-order chi connectivity index (χ1) is 8.93. The summed E-state index contributed by atoms with van der Waals surface area (Å²) >= 11 is 0. The van der Waals surface area contributed by atoms with Crippen LogP contribution in [-0.4, -0.2) is 11.5 Å². The summed E-state index contributed by atoms with van der Waals surface area (Å²) in [5.41, 5.74) is 4.38. The van der Waals surface area contributed by atoms with Crippen LogP contribution in [-0.2, 0) is 6.42 Å². The Bertz CT molecular complexity index is 436. The first-order valence-electron chi connectivity index (χ1n) is 7.28. The summed E-state index contributed by atoms with van der Waals surface area (Å²) in [6, 6.07) is 4.76. The molecule has 3 rings (SSSR count). The number of nitrogens with one attached hydrogen (secondary N) is 1. The number of nitrogens with zero attached hydrogens (tertiary/aromatic N) is 1. The fourth-order valence-corrected chi connectivity index (χ4v) is 3.15. The zero-order valence-electron chi connectivity index (χ0n) is 11.0. The van der Waals surface area contributed by atoms with Gasteiger partial charge in [0.05, 0.1) is 11.7 Å². The van der Waals surface area contributed by atoms with Crippen molar-refractivity contribution < 1.29 is 0 Å². The van der Waals surface area contributed by atoms with Crippen LogP contribution in [0.25, 0.3) is 0 Å². The summed E-state index contributed by atoms with van der Waals surface area (Å²) in [5, 5.41) is 3.68. The Labute approximate surface area is 110 Å². The van der Waals surface area contributed by atoms with Crippen molar-refractivity contribution in [3.05, 3.63) is 41.2 Å². The maximum Gasteiger partial charge on any atom is 0.0605 e. The highest BCUT2D eigenvalue weighted by atomic mass is 14.9. The van der Waals surface area contributed by atoms with Gasteiger partial charge in [0.1, 0.15) is 0 Å². The minimum atomic E-state index is 0.491. The van der Waals surface area contributed by atoms with Crippen molar-refractivity contribution in [2.45, 2.75) is 51.0 Å². The number of hydrogen-bond donors (Lipinski definition) is 1. The highest BCUT2D eigenvalue weighted by Gasteiger charge is 2.22. The molecule has 1 atom stereocenters. The molecule has 2 aliphatic rings. The predicted octanol–water partition coefficient (Wildman–Crippen LogP) is 3.55. The zero-order chi connectivity index (χ0) is 12.2. The van der Waals surface area contributed by atoms with Gasteiger partial charge in [-0.05, 0) is 63.1 Å². The smallest absolute Gasteiger partial charge is 0.0605 e. The third-order valence-electron chi connectivity index (χ3n) is 4.18. The van der Waals surface area contributed by atoms with Crippen LogP contribution in [0.4, 0.5) is 0 Å². The average molecular weight is 242 g/mol. The van der Waals surface area contributed by atoms with Gasteiger partial charge in [-0.1, -0.05) is 17.7 Å². The van der Waals surface area contributed by atoms with E-state index in [1.165, 1.54) is 56.2 Å². The molecule has 0 spiro atoms. The molecule has 1 aromatic heterocycles. The SMILES string of the molecule is C1=C(CCNC2CCc3cccnc32)CCCC1. The van der Waals surface area contributed by atoms with Gasteiger partial charge in [0.15, 0.2) is 0 Å². The van der Waals surface area contributed by atoms with Crippen molar-refractivity contribution in [1.29, 1.82) is 0 Å². The lowest BCUT2D eigenvalue weighted by molar-refractivity contribution is 0.517. The summed E-state index contributed by atoms with van der Waals surface area (Å²) in [5.74, 6) is 0. The van der Waals surface area contributed by atoms with Gasteiger partial charge >= 0.3 is 0 Å². The van der Waals surface area contributed by atoms with Gasteiger partial charge in [-0.3, -0.25) is 4.98 Å². The number of aryl methyl sites for hydroxylation is 1. The van der Waals surface area contributed by atoms with E-state index < -0.39 is 0 Å². The Hall–Kier alpha value is -1.15. The molecule has 1 N–H and O–H groups in total. The van der Waals surface area contributed by atoms with E-state index in [4.69, 9.17) is 0 Å². The van der Waals surface area contributed by atoms with Crippen LogP contribution < -0.4 is 5.32 Å². The normalized spacial score (nSPS) is 22.7. The molecule has 0 aliphatic heterocycles. The van der Waals surface area contributed by atoms with Crippen molar-refractivity contribution in [1.82, 2.24) is 10.3 Å². The lowest BCUT2D eigenvalue weighted by Gasteiger charge is -2.16. The molecule has 0 fully saturated rings. The quantitative estimate of drug-likeness (QED) is 0.817. The average Bonchev–Trinajstić information content (AvgIpc) is 2.84. The molecule has 0 bridgehead atoms. The van der Waals surface area contributed by atoms with E-state index in [1.807, 2.05) is 12.3 Å². The Kier molecular flexibility index (Phi) is 3.75. The largest absolute Gasteiger partial charge is 0.308 e. The molecule has 1 heterocycles. The Morgan fingerprint density at radius 1 is 1.28 bits per heavy atom. The monoisotopic (exact) mass is 242 g/mol. The van der Waals surface area contributed by atoms with Crippen LogP contribution >= 0.6 is 0 Å². The predicted molar refractivity (Wildman–Crippen MR) is 74.5 cm³/mol. The molecule has 0 saturated heterocycles. The van der Waals surface area contributed by atoms with Gasteiger partial charge < -0.3 is 5.32 Å². The van der Waals surface area contributed by atoms with Crippen LogP contribution in [0.15, 0.2) is 30.0 Å². The minimum absolute atomic E-state index is 0.491. The van der Waals surface area contributed by atoms with Gasteiger partial charge in [0.25, 0.3) is 0 Å². The van der Waals surface area contributed by atoms with Crippen molar-refractivity contribution in [2.24, 2.45) is 0 Å². The van der Waals surface area contributed by atoms with E-state index in [-0.39, 0.29) is 0 Å². The zero-order valence-corrected chi connectivity index (χ0v) is 11.0. The minimum Gasteiger partial charge on any atom is -0.308 e. The van der Waals surface area contributed by atoms with Crippen molar-refractivity contribution in [3.63, 3.8) is 0 Å². The Morgan fingerprint density at radius 3 is 3.17 bits per heavy atom. The topological polar surface area (TPSA) is 24.9 Å². The molecule has 2 heteroatoms. The molecule has 0 radical (unpaired) electrons. The molecular formula is C16H22N2. The molecule has 0 amide bonds.